The van der Waals surface area contributed by atoms with E-state index in [4.69, 9.17) is 0 Å². The predicted octanol–water partition coefficient (Wildman–Crippen LogP) is 2.26. The minimum atomic E-state index is -3.43. The molecule has 1 unspecified atom stereocenters. The summed E-state index contributed by atoms with van der Waals surface area (Å²) in [5.41, 5.74) is 0.806. The smallest absolute Gasteiger partial charge is 0.241 e. The number of hydrogen-bond donors (Lipinski definition) is 2. The summed E-state index contributed by atoms with van der Waals surface area (Å²) in [6.45, 7) is 7.32. The van der Waals surface area contributed by atoms with Gasteiger partial charge in [0.25, 0.3) is 0 Å². The van der Waals surface area contributed by atoms with E-state index in [0.29, 0.717) is 11.4 Å². The van der Waals surface area contributed by atoms with Crippen molar-refractivity contribution in [2.24, 2.45) is 0 Å². The minimum Gasteiger partial charge on any atom is -0.313 e. The summed E-state index contributed by atoms with van der Waals surface area (Å²) in [5, 5.41) is 3.16. The van der Waals surface area contributed by atoms with Gasteiger partial charge in [-0.05, 0) is 31.5 Å². The summed E-state index contributed by atoms with van der Waals surface area (Å²) in [7, 11) is -3.43. The Bertz CT molecular complexity index is 486. The second-order valence-electron chi connectivity index (χ2n) is 4.70. The average molecular weight is 284 g/mol. The highest BCUT2D eigenvalue weighted by atomic mass is 32.2. The van der Waals surface area contributed by atoms with Crippen LogP contribution >= 0.6 is 0 Å². The lowest BCUT2D eigenvalue weighted by atomic mass is 10.2. The monoisotopic (exact) mass is 284 g/mol. The Hall–Kier alpha value is -0.910. The summed E-state index contributed by atoms with van der Waals surface area (Å²) < 4.78 is 27.5. The van der Waals surface area contributed by atoms with E-state index in [9.17, 15) is 8.42 Å². The Labute approximate surface area is 116 Å². The molecule has 0 heterocycles. The Kier molecular flexibility index (Phi) is 6.48. The molecule has 19 heavy (non-hydrogen) atoms. The molecule has 0 radical (unpaired) electrons. The van der Waals surface area contributed by atoms with E-state index in [1.54, 1.807) is 12.1 Å². The van der Waals surface area contributed by atoms with Crippen LogP contribution in [0.2, 0.25) is 0 Å². The molecule has 0 aromatic heterocycles. The molecule has 0 spiro atoms. The Morgan fingerprint density at radius 3 is 2.53 bits per heavy atom. The lowest BCUT2D eigenvalue weighted by Crippen LogP contribution is -2.33. The number of benzene rings is 1. The topological polar surface area (TPSA) is 58.2 Å². The van der Waals surface area contributed by atoms with Crippen LogP contribution in [0.1, 0.15) is 39.2 Å². The molecule has 2 N–H and O–H groups in total. The van der Waals surface area contributed by atoms with Gasteiger partial charge in [0, 0.05) is 12.6 Å². The van der Waals surface area contributed by atoms with E-state index < -0.39 is 10.0 Å². The number of rotatable bonds is 8. The Balaban J connectivity index is 2.94. The summed E-state index contributed by atoms with van der Waals surface area (Å²) >= 11 is 0. The lowest BCUT2D eigenvalue weighted by Gasteiger charge is -2.15. The minimum absolute atomic E-state index is 0.0396. The van der Waals surface area contributed by atoms with Crippen LogP contribution < -0.4 is 10.0 Å². The molecular formula is C14H24N2O2S. The molecule has 108 valence electrons. The highest BCUT2D eigenvalue weighted by molar-refractivity contribution is 7.89. The second-order valence-corrected chi connectivity index (χ2v) is 6.38. The summed E-state index contributed by atoms with van der Waals surface area (Å²) in [6, 6.07) is 7.09. The fourth-order valence-corrected chi connectivity index (χ4v) is 3.51. The van der Waals surface area contributed by atoms with Crippen molar-refractivity contribution in [2.75, 3.05) is 6.54 Å². The van der Waals surface area contributed by atoms with Crippen LogP contribution in [0.3, 0.4) is 0 Å². The fourth-order valence-electron chi connectivity index (χ4n) is 1.99. The van der Waals surface area contributed by atoms with Crippen LogP contribution in [-0.2, 0) is 16.6 Å². The predicted molar refractivity (Wildman–Crippen MR) is 78.5 cm³/mol. The molecule has 1 aromatic rings. The first-order valence-electron chi connectivity index (χ1n) is 6.82. The van der Waals surface area contributed by atoms with E-state index in [2.05, 4.69) is 10.0 Å². The maximum absolute atomic E-state index is 12.4. The van der Waals surface area contributed by atoms with E-state index in [1.165, 1.54) is 0 Å². The molecule has 0 amide bonds. The summed E-state index contributed by atoms with van der Waals surface area (Å²) in [6.07, 6.45) is 1.80. The summed E-state index contributed by atoms with van der Waals surface area (Å²) in [4.78, 5) is 0.374. The molecule has 0 saturated carbocycles. The molecule has 0 aliphatic carbocycles. The normalized spacial score (nSPS) is 13.4. The maximum atomic E-state index is 12.4. The van der Waals surface area contributed by atoms with Gasteiger partial charge in [0.15, 0.2) is 0 Å². The van der Waals surface area contributed by atoms with Gasteiger partial charge >= 0.3 is 0 Å². The van der Waals surface area contributed by atoms with Crippen molar-refractivity contribution in [2.45, 2.75) is 51.1 Å². The maximum Gasteiger partial charge on any atom is 0.241 e. The van der Waals surface area contributed by atoms with Crippen LogP contribution in [0, 0.1) is 0 Å². The van der Waals surface area contributed by atoms with Crippen LogP contribution in [-0.4, -0.2) is 21.0 Å². The molecule has 0 saturated heterocycles. The van der Waals surface area contributed by atoms with Gasteiger partial charge in [-0.2, -0.15) is 0 Å². The van der Waals surface area contributed by atoms with Gasteiger partial charge in [-0.15, -0.1) is 0 Å². The molecule has 4 nitrogen and oxygen atoms in total. The summed E-state index contributed by atoms with van der Waals surface area (Å²) in [5.74, 6) is 0. The first kappa shape index (κ1) is 16.1. The van der Waals surface area contributed by atoms with Crippen molar-refractivity contribution in [3.8, 4) is 0 Å². The number of hydrogen-bond acceptors (Lipinski definition) is 3. The SMILES string of the molecule is CCCC(C)NS(=O)(=O)c1ccccc1CNCC. The Morgan fingerprint density at radius 1 is 1.21 bits per heavy atom. The molecular weight excluding hydrogens is 260 g/mol. The lowest BCUT2D eigenvalue weighted by molar-refractivity contribution is 0.542. The van der Waals surface area contributed by atoms with Crippen molar-refractivity contribution in [1.82, 2.24) is 10.0 Å². The second kappa shape index (κ2) is 7.62. The largest absolute Gasteiger partial charge is 0.313 e. The molecule has 1 atom stereocenters. The van der Waals surface area contributed by atoms with Gasteiger partial charge in [0.1, 0.15) is 0 Å². The quantitative estimate of drug-likeness (QED) is 0.770. The molecule has 0 aliphatic heterocycles. The van der Waals surface area contributed by atoms with Crippen LogP contribution in [0.15, 0.2) is 29.2 Å². The van der Waals surface area contributed by atoms with Gasteiger partial charge in [-0.3, -0.25) is 0 Å². The third kappa shape index (κ3) is 4.93. The van der Waals surface area contributed by atoms with Crippen LogP contribution in [0.25, 0.3) is 0 Å². The van der Waals surface area contributed by atoms with Gasteiger partial charge < -0.3 is 5.32 Å². The van der Waals surface area contributed by atoms with Gasteiger partial charge in [-0.25, -0.2) is 13.1 Å². The van der Waals surface area contributed by atoms with Crippen molar-refractivity contribution in [3.63, 3.8) is 0 Å². The third-order valence-electron chi connectivity index (χ3n) is 2.91. The third-order valence-corrected chi connectivity index (χ3v) is 4.60. The van der Waals surface area contributed by atoms with Crippen molar-refractivity contribution < 1.29 is 8.42 Å². The van der Waals surface area contributed by atoms with E-state index >= 15 is 0 Å². The number of nitrogens with one attached hydrogen (secondary N) is 2. The molecule has 5 heteroatoms. The zero-order valence-corrected chi connectivity index (χ0v) is 12.8. The zero-order chi connectivity index (χ0) is 14.3. The highest BCUT2D eigenvalue weighted by Gasteiger charge is 2.19. The number of sulfonamides is 1. The molecule has 1 rings (SSSR count). The first-order valence-corrected chi connectivity index (χ1v) is 8.30. The molecule has 0 fully saturated rings. The molecule has 0 aliphatic rings. The van der Waals surface area contributed by atoms with Gasteiger partial charge in [0.2, 0.25) is 10.0 Å². The standard InChI is InChI=1S/C14H24N2O2S/c1-4-8-12(3)16-19(17,18)14-10-7-6-9-13(14)11-15-5-2/h6-7,9-10,12,15-16H,4-5,8,11H2,1-3H3. The van der Waals surface area contributed by atoms with Gasteiger partial charge in [-0.1, -0.05) is 38.5 Å². The van der Waals surface area contributed by atoms with E-state index in [0.717, 1.165) is 24.9 Å². The van der Waals surface area contributed by atoms with Crippen molar-refractivity contribution in [1.29, 1.82) is 0 Å². The van der Waals surface area contributed by atoms with Crippen LogP contribution in [0.5, 0.6) is 0 Å². The van der Waals surface area contributed by atoms with Crippen molar-refractivity contribution in [3.05, 3.63) is 29.8 Å². The molecule has 1 aromatic carbocycles. The van der Waals surface area contributed by atoms with Crippen molar-refractivity contribution >= 4 is 10.0 Å². The van der Waals surface area contributed by atoms with E-state index in [1.807, 2.05) is 32.9 Å². The van der Waals surface area contributed by atoms with Gasteiger partial charge in [0.05, 0.1) is 4.90 Å². The van der Waals surface area contributed by atoms with E-state index in [-0.39, 0.29) is 6.04 Å². The first-order chi connectivity index (χ1) is 9.01. The highest BCUT2D eigenvalue weighted by Crippen LogP contribution is 2.16. The zero-order valence-electron chi connectivity index (χ0n) is 11.9. The average Bonchev–Trinajstić information content (AvgIpc) is 2.36. The fraction of sp³-hybridized carbons (Fsp3) is 0.571. The molecule has 0 bridgehead atoms. The Morgan fingerprint density at radius 2 is 1.89 bits per heavy atom. The van der Waals surface area contributed by atoms with Crippen LogP contribution in [0.4, 0.5) is 0 Å².